The fourth-order valence-corrected chi connectivity index (χ4v) is 8.04. The zero-order valence-corrected chi connectivity index (χ0v) is 27.2. The number of esters is 1. The molecule has 0 radical (unpaired) electrons. The minimum absolute atomic E-state index is 0.0228. The smallest absolute Gasteiger partial charge is 0.308 e. The van der Waals surface area contributed by atoms with Crippen molar-refractivity contribution in [2.45, 2.75) is 109 Å². The molecule has 12 heteroatoms. The van der Waals surface area contributed by atoms with Gasteiger partial charge in [0.15, 0.2) is 5.79 Å². The average molecular weight is 638 g/mol. The van der Waals surface area contributed by atoms with Crippen molar-refractivity contribution in [3.8, 4) is 0 Å². The van der Waals surface area contributed by atoms with Crippen molar-refractivity contribution in [1.82, 2.24) is 9.88 Å². The lowest BCUT2D eigenvalue weighted by Crippen LogP contribution is -2.61. The predicted octanol–water partition coefficient (Wildman–Crippen LogP) is 3.85. The van der Waals surface area contributed by atoms with Crippen LogP contribution in [0.5, 0.6) is 0 Å². The third-order valence-corrected chi connectivity index (χ3v) is 9.55. The van der Waals surface area contributed by atoms with Crippen LogP contribution in [0, 0.1) is 17.0 Å². The molecule has 250 valence electrons. The molecule has 5 heterocycles. The predicted molar refractivity (Wildman–Crippen MR) is 170 cm³/mol. The number of hydrogen-bond donors (Lipinski definition) is 2. The van der Waals surface area contributed by atoms with E-state index < -0.39 is 17.3 Å². The number of nitrogens with one attached hydrogen (secondary N) is 1. The highest BCUT2D eigenvalue weighted by molar-refractivity contribution is 5.82. The Labute approximate surface area is 269 Å². The Hall–Kier alpha value is -3.45. The minimum Gasteiger partial charge on any atom is -0.733 e. The molecule has 1 amide bonds. The maximum absolute atomic E-state index is 14.0. The lowest BCUT2D eigenvalue weighted by atomic mass is 9.70. The first-order valence-corrected chi connectivity index (χ1v) is 16.3. The number of nitrogens with zero attached hydrogens (tertiary/aromatic N) is 3. The first kappa shape index (κ1) is 32.5. The quantitative estimate of drug-likeness (QED) is 0.339. The highest BCUT2D eigenvalue weighted by atomic mass is 16.8. The highest BCUT2D eigenvalue weighted by Crippen LogP contribution is 2.47. The summed E-state index contributed by atoms with van der Waals surface area (Å²) in [6, 6.07) is 10.4. The fourth-order valence-electron chi connectivity index (χ4n) is 8.04. The second-order valence-corrected chi connectivity index (χ2v) is 14.6. The van der Waals surface area contributed by atoms with Gasteiger partial charge in [-0.1, -0.05) is 6.07 Å². The zero-order chi connectivity index (χ0) is 33.0. The Morgan fingerprint density at radius 2 is 1.89 bits per heavy atom. The van der Waals surface area contributed by atoms with Crippen LogP contribution in [0.2, 0.25) is 0 Å². The van der Waals surface area contributed by atoms with Gasteiger partial charge in [-0.2, -0.15) is 0 Å². The van der Waals surface area contributed by atoms with Crippen molar-refractivity contribution in [2.75, 3.05) is 23.2 Å². The van der Waals surface area contributed by atoms with Gasteiger partial charge in [-0.15, -0.1) is 0 Å². The first-order valence-electron chi connectivity index (χ1n) is 16.3. The molecule has 4 aliphatic heterocycles. The molecule has 2 fully saturated rings. The SMILES string of the molecule is CC(C)(C)OC(=O)C[C@H]1C[C@@H](CCNC(=O)[C@@H]2Cc3cc(N([O-])O)ccc3N3CC4CC(Cn5c4cccc5=O)[C@@H]23)OC(C)(C)O1. The molecule has 1 aromatic heterocycles. The molecule has 46 heavy (non-hydrogen) atoms. The van der Waals surface area contributed by atoms with E-state index in [1.807, 2.05) is 51.3 Å². The first-order chi connectivity index (χ1) is 21.7. The van der Waals surface area contributed by atoms with Crippen LogP contribution < -0.4 is 21.0 Å². The molecule has 6 rings (SSSR count). The van der Waals surface area contributed by atoms with Crippen molar-refractivity contribution in [3.05, 3.63) is 63.2 Å². The normalized spacial score (nSPS) is 27.9. The maximum Gasteiger partial charge on any atom is 0.308 e. The second kappa shape index (κ2) is 12.3. The van der Waals surface area contributed by atoms with Crippen LogP contribution in [0.3, 0.4) is 0 Å². The average Bonchev–Trinajstić information content (AvgIpc) is 2.95. The van der Waals surface area contributed by atoms with Crippen LogP contribution >= 0.6 is 0 Å². The van der Waals surface area contributed by atoms with Gasteiger partial charge in [0, 0.05) is 55.5 Å². The number of ether oxygens (including phenoxy) is 3. The maximum atomic E-state index is 14.0. The topological polar surface area (TPSA) is 146 Å². The van der Waals surface area contributed by atoms with Crippen LogP contribution in [0.4, 0.5) is 11.4 Å². The van der Waals surface area contributed by atoms with Gasteiger partial charge in [0.05, 0.1) is 30.2 Å². The number of hydrogen-bond acceptors (Lipinski definition) is 10. The van der Waals surface area contributed by atoms with Gasteiger partial charge in [0.25, 0.3) is 5.56 Å². The number of aromatic nitrogens is 1. The summed E-state index contributed by atoms with van der Waals surface area (Å²) in [6.07, 6.45) is 1.85. The molecule has 4 aliphatic rings. The van der Waals surface area contributed by atoms with E-state index in [1.165, 1.54) is 0 Å². The van der Waals surface area contributed by atoms with E-state index in [9.17, 15) is 24.8 Å². The van der Waals surface area contributed by atoms with E-state index >= 15 is 0 Å². The molecule has 2 saturated heterocycles. The number of carbonyl (C=O) groups excluding carboxylic acids is 2. The van der Waals surface area contributed by atoms with Gasteiger partial charge in [-0.3, -0.25) is 19.6 Å². The molecular weight excluding hydrogens is 592 g/mol. The third-order valence-electron chi connectivity index (χ3n) is 9.55. The summed E-state index contributed by atoms with van der Waals surface area (Å²) in [7, 11) is 0. The van der Waals surface area contributed by atoms with Crippen LogP contribution in [-0.2, 0) is 36.8 Å². The Bertz CT molecular complexity index is 1530. The van der Waals surface area contributed by atoms with Crippen molar-refractivity contribution < 1.29 is 29.0 Å². The number of piperidine rings is 1. The molecule has 0 aliphatic carbocycles. The van der Waals surface area contributed by atoms with Crippen molar-refractivity contribution in [3.63, 3.8) is 0 Å². The summed E-state index contributed by atoms with van der Waals surface area (Å²) in [5.41, 5.74) is 2.30. The third kappa shape index (κ3) is 6.80. The molecule has 2 aromatic rings. The number of benzene rings is 1. The summed E-state index contributed by atoms with van der Waals surface area (Å²) >= 11 is 0. The van der Waals surface area contributed by atoms with E-state index in [4.69, 9.17) is 14.2 Å². The molecule has 2 bridgehead atoms. The van der Waals surface area contributed by atoms with Gasteiger partial charge in [0.2, 0.25) is 5.91 Å². The number of rotatable bonds is 7. The Morgan fingerprint density at radius 1 is 1.13 bits per heavy atom. The zero-order valence-electron chi connectivity index (χ0n) is 27.2. The molecule has 2 unspecified atom stereocenters. The van der Waals surface area contributed by atoms with Crippen LogP contribution in [0.15, 0.2) is 41.2 Å². The van der Waals surface area contributed by atoms with Crippen molar-refractivity contribution >= 4 is 23.3 Å². The van der Waals surface area contributed by atoms with E-state index in [0.717, 1.165) is 23.4 Å². The minimum atomic E-state index is -0.888. The van der Waals surface area contributed by atoms with Crippen LogP contribution in [0.25, 0.3) is 0 Å². The van der Waals surface area contributed by atoms with E-state index in [1.54, 1.807) is 24.3 Å². The van der Waals surface area contributed by atoms with Gasteiger partial charge < -0.3 is 39.4 Å². The second-order valence-electron chi connectivity index (χ2n) is 14.6. The summed E-state index contributed by atoms with van der Waals surface area (Å²) < 4.78 is 19.5. The lowest BCUT2D eigenvalue weighted by Gasteiger charge is -2.54. The van der Waals surface area contributed by atoms with Crippen LogP contribution in [-0.4, -0.2) is 64.4 Å². The fraction of sp³-hybridized carbons (Fsp3) is 0.618. The van der Waals surface area contributed by atoms with Crippen molar-refractivity contribution in [1.29, 1.82) is 0 Å². The Morgan fingerprint density at radius 3 is 2.63 bits per heavy atom. The van der Waals surface area contributed by atoms with Crippen molar-refractivity contribution in [2.24, 2.45) is 11.8 Å². The molecule has 2 N–H and O–H groups in total. The molecule has 1 aromatic carbocycles. The molecular formula is C34H45N4O8-. The van der Waals surface area contributed by atoms with Gasteiger partial charge >= 0.3 is 5.97 Å². The summed E-state index contributed by atoms with van der Waals surface area (Å²) in [5, 5.41) is 24.3. The van der Waals surface area contributed by atoms with Crippen LogP contribution in [0.1, 0.15) is 77.5 Å². The van der Waals surface area contributed by atoms with Gasteiger partial charge in [0.1, 0.15) is 5.60 Å². The monoisotopic (exact) mass is 637 g/mol. The lowest BCUT2D eigenvalue weighted by molar-refractivity contribution is -0.300. The van der Waals surface area contributed by atoms with E-state index in [-0.39, 0.29) is 64.9 Å². The van der Waals surface area contributed by atoms with E-state index in [0.29, 0.717) is 38.9 Å². The molecule has 12 nitrogen and oxygen atoms in total. The number of amides is 1. The number of carbonyl (C=O) groups is 2. The highest BCUT2D eigenvalue weighted by Gasteiger charge is 2.49. The molecule has 6 atom stereocenters. The van der Waals surface area contributed by atoms with Gasteiger partial charge in [-0.25, -0.2) is 0 Å². The molecule has 0 saturated carbocycles. The molecule has 0 spiro atoms. The van der Waals surface area contributed by atoms with Gasteiger partial charge in [-0.05, 0) is 89.6 Å². The summed E-state index contributed by atoms with van der Waals surface area (Å²) in [5.74, 6) is -1.53. The summed E-state index contributed by atoms with van der Waals surface area (Å²) in [6.45, 7) is 10.7. The standard InChI is InChI=1S/C34H45N4O8/c1-33(2,3)46-30(40)17-25-16-24(44-34(4,5)45-25)11-12-35-32(41)26-15-20-14-23(38(42)43)9-10-28(20)37-18-21-13-22(31(26)37)19-36-27(21)7-6-8-29(36)39/h6-10,14,21-22,24-26,31,42H,11-13,15-19H2,1-5H3,(H,35,41)/q-1/t21?,22?,24-,25-,26-,31+/m1/s1. The Balaban J connectivity index is 1.17. The summed E-state index contributed by atoms with van der Waals surface area (Å²) in [4.78, 5) is 41.6. The number of pyridine rings is 1. The van der Waals surface area contributed by atoms with E-state index in [2.05, 4.69) is 10.2 Å². The largest absolute Gasteiger partial charge is 0.733 e. The number of fused-ring (bicyclic) bond motifs is 8. The number of anilines is 2. The Kier molecular flexibility index (Phi) is 8.68.